The third-order valence-electron chi connectivity index (χ3n) is 5.86. The first-order valence-corrected chi connectivity index (χ1v) is 11.1. The van der Waals surface area contributed by atoms with Gasteiger partial charge in [-0.2, -0.15) is 0 Å². The Morgan fingerprint density at radius 2 is 1.74 bits per heavy atom. The van der Waals surface area contributed by atoms with Gasteiger partial charge >= 0.3 is 0 Å². The highest BCUT2D eigenvalue weighted by Gasteiger charge is 2.30. The predicted molar refractivity (Wildman–Crippen MR) is 134 cm³/mol. The number of para-hydroxylation sites is 1. The predicted octanol–water partition coefficient (Wildman–Crippen LogP) is 3.45. The smallest absolute Gasteiger partial charge is 0.293 e. The molecule has 0 saturated heterocycles. The summed E-state index contributed by atoms with van der Waals surface area (Å²) in [5.41, 5.74) is 3.05. The molecule has 35 heavy (non-hydrogen) atoms. The van der Waals surface area contributed by atoms with Crippen LogP contribution in [0.5, 0.6) is 5.88 Å². The van der Waals surface area contributed by atoms with Crippen molar-refractivity contribution in [3.8, 4) is 5.88 Å². The molecule has 178 valence electrons. The summed E-state index contributed by atoms with van der Waals surface area (Å²) in [6, 6.07) is 19.0. The molecule has 8 heteroatoms. The summed E-state index contributed by atoms with van der Waals surface area (Å²) < 4.78 is 5.08. The summed E-state index contributed by atoms with van der Waals surface area (Å²) in [6.07, 6.45) is 1.73. The number of fused-ring (bicyclic) bond motifs is 1. The van der Waals surface area contributed by atoms with Gasteiger partial charge in [0.25, 0.3) is 11.7 Å². The van der Waals surface area contributed by atoms with Gasteiger partial charge in [-0.15, -0.1) is 0 Å². The van der Waals surface area contributed by atoms with Crippen molar-refractivity contribution in [3.05, 3.63) is 89.7 Å². The SMILES string of the molecule is COc1ccc(N(C)C(=O)C(Cc2ccccc2)NC(=O)C(=O)c2c(C)[nH]c3ccccc23)cn1. The summed E-state index contributed by atoms with van der Waals surface area (Å²) in [7, 11) is 3.11. The molecule has 0 fully saturated rings. The number of H-pyrrole nitrogens is 1. The van der Waals surface area contributed by atoms with Crippen LogP contribution in [0.3, 0.4) is 0 Å². The minimum Gasteiger partial charge on any atom is -0.481 e. The number of benzene rings is 2. The topological polar surface area (TPSA) is 104 Å². The van der Waals surface area contributed by atoms with Crippen LogP contribution in [0.25, 0.3) is 10.9 Å². The molecular formula is C27H26N4O4. The van der Waals surface area contributed by atoms with Crippen molar-refractivity contribution in [2.75, 3.05) is 19.1 Å². The third kappa shape index (κ3) is 5.06. The molecule has 0 aliphatic rings. The number of pyridine rings is 1. The third-order valence-corrected chi connectivity index (χ3v) is 5.86. The van der Waals surface area contributed by atoms with E-state index in [2.05, 4.69) is 15.3 Å². The molecule has 0 saturated carbocycles. The number of Topliss-reactive ketones (excluding diaryl/α,β-unsaturated/α-hetero) is 1. The summed E-state index contributed by atoms with van der Waals surface area (Å²) in [4.78, 5) is 48.4. The molecule has 4 aromatic rings. The van der Waals surface area contributed by atoms with E-state index < -0.39 is 17.7 Å². The second-order valence-corrected chi connectivity index (χ2v) is 8.17. The molecule has 1 atom stereocenters. The molecule has 0 radical (unpaired) electrons. The van der Waals surface area contributed by atoms with E-state index in [0.717, 1.165) is 11.1 Å². The fraction of sp³-hybridized carbons (Fsp3) is 0.185. The largest absolute Gasteiger partial charge is 0.481 e. The zero-order chi connectivity index (χ0) is 24.9. The quantitative estimate of drug-likeness (QED) is 0.303. The van der Waals surface area contributed by atoms with E-state index in [9.17, 15) is 14.4 Å². The van der Waals surface area contributed by atoms with Gasteiger partial charge in [-0.1, -0.05) is 48.5 Å². The van der Waals surface area contributed by atoms with Crippen LogP contribution in [0.15, 0.2) is 72.9 Å². The number of nitrogens with one attached hydrogen (secondary N) is 2. The van der Waals surface area contributed by atoms with Crippen molar-refractivity contribution in [1.82, 2.24) is 15.3 Å². The second kappa shape index (κ2) is 10.2. The van der Waals surface area contributed by atoms with Crippen LogP contribution in [0, 0.1) is 6.92 Å². The van der Waals surface area contributed by atoms with E-state index in [-0.39, 0.29) is 12.3 Å². The van der Waals surface area contributed by atoms with Gasteiger partial charge in [-0.25, -0.2) is 4.98 Å². The molecule has 0 aliphatic carbocycles. The van der Waals surface area contributed by atoms with Gasteiger partial charge in [0.1, 0.15) is 6.04 Å². The van der Waals surface area contributed by atoms with E-state index in [1.165, 1.54) is 18.2 Å². The number of carbonyl (C=O) groups excluding carboxylic acids is 3. The van der Waals surface area contributed by atoms with Gasteiger partial charge in [0.05, 0.1) is 24.6 Å². The summed E-state index contributed by atoms with van der Waals surface area (Å²) in [5.74, 6) is -1.49. The number of nitrogens with zero attached hydrogens (tertiary/aromatic N) is 2. The van der Waals surface area contributed by atoms with Crippen LogP contribution in [0.1, 0.15) is 21.6 Å². The van der Waals surface area contributed by atoms with Gasteiger partial charge in [0, 0.05) is 36.1 Å². The number of amides is 2. The Kier molecular flexibility index (Phi) is 6.91. The molecule has 2 aromatic carbocycles. The van der Waals surface area contributed by atoms with E-state index in [0.29, 0.717) is 28.2 Å². The van der Waals surface area contributed by atoms with Gasteiger partial charge in [-0.3, -0.25) is 14.4 Å². The fourth-order valence-corrected chi connectivity index (χ4v) is 4.01. The van der Waals surface area contributed by atoms with Crippen molar-refractivity contribution in [3.63, 3.8) is 0 Å². The van der Waals surface area contributed by atoms with Gasteiger partial charge < -0.3 is 19.9 Å². The first-order chi connectivity index (χ1) is 16.9. The first kappa shape index (κ1) is 23.7. The number of ether oxygens (including phenoxy) is 1. The van der Waals surface area contributed by atoms with Crippen LogP contribution in [-0.4, -0.2) is 47.8 Å². The van der Waals surface area contributed by atoms with Crippen molar-refractivity contribution in [2.24, 2.45) is 0 Å². The standard InChI is InChI=1S/C27H26N4O4/c1-17-24(20-11-7-8-12-21(20)29-17)25(32)26(33)30-22(15-18-9-5-4-6-10-18)27(34)31(2)19-13-14-23(35-3)28-16-19/h4-14,16,22,29H,15H2,1-3H3,(H,30,33). The Balaban J connectivity index is 1.60. The summed E-state index contributed by atoms with van der Waals surface area (Å²) in [6.45, 7) is 1.75. The molecule has 0 bridgehead atoms. The highest BCUT2D eigenvalue weighted by molar-refractivity contribution is 6.45. The molecule has 1 unspecified atom stereocenters. The maximum absolute atomic E-state index is 13.5. The Hall–Kier alpha value is -4.46. The number of rotatable bonds is 8. The lowest BCUT2D eigenvalue weighted by molar-refractivity contribution is -0.125. The Morgan fingerprint density at radius 3 is 2.43 bits per heavy atom. The van der Waals surface area contributed by atoms with Crippen LogP contribution < -0.4 is 15.0 Å². The van der Waals surface area contributed by atoms with Crippen LogP contribution >= 0.6 is 0 Å². The zero-order valence-electron chi connectivity index (χ0n) is 19.7. The molecule has 4 rings (SSSR count). The van der Waals surface area contributed by atoms with Crippen LogP contribution in [0.2, 0.25) is 0 Å². The summed E-state index contributed by atoms with van der Waals surface area (Å²) in [5, 5.41) is 3.34. The van der Waals surface area contributed by atoms with E-state index >= 15 is 0 Å². The van der Waals surface area contributed by atoms with Crippen molar-refractivity contribution in [1.29, 1.82) is 0 Å². The highest BCUT2D eigenvalue weighted by atomic mass is 16.5. The number of ketones is 1. The van der Waals surface area contributed by atoms with Crippen molar-refractivity contribution in [2.45, 2.75) is 19.4 Å². The van der Waals surface area contributed by atoms with E-state index in [1.807, 2.05) is 48.5 Å². The average molecular weight is 471 g/mol. The van der Waals surface area contributed by atoms with Crippen molar-refractivity contribution >= 4 is 34.2 Å². The number of likely N-dealkylation sites (N-methyl/N-ethyl adjacent to an activating group) is 1. The normalized spacial score (nSPS) is 11.6. The molecule has 2 heterocycles. The lowest BCUT2D eigenvalue weighted by atomic mass is 10.0. The first-order valence-electron chi connectivity index (χ1n) is 11.1. The number of methoxy groups -OCH3 is 1. The monoisotopic (exact) mass is 470 g/mol. The maximum atomic E-state index is 13.5. The van der Waals surface area contributed by atoms with Gasteiger partial charge in [0.2, 0.25) is 11.8 Å². The van der Waals surface area contributed by atoms with E-state index in [4.69, 9.17) is 4.74 Å². The molecule has 0 spiro atoms. The van der Waals surface area contributed by atoms with Crippen LogP contribution in [0.4, 0.5) is 5.69 Å². The van der Waals surface area contributed by atoms with Crippen molar-refractivity contribution < 1.29 is 19.1 Å². The Labute approximate surface area is 202 Å². The lowest BCUT2D eigenvalue weighted by Crippen LogP contribution is -2.50. The average Bonchev–Trinajstić information content (AvgIpc) is 3.23. The Morgan fingerprint density at radius 1 is 1.03 bits per heavy atom. The van der Waals surface area contributed by atoms with E-state index in [1.54, 1.807) is 32.2 Å². The number of aryl methyl sites for hydroxylation is 1. The second-order valence-electron chi connectivity index (χ2n) is 8.17. The zero-order valence-corrected chi connectivity index (χ0v) is 19.7. The molecule has 8 nitrogen and oxygen atoms in total. The Bertz CT molecular complexity index is 1360. The number of carbonyl (C=O) groups is 3. The number of aromatic amines is 1. The highest BCUT2D eigenvalue weighted by Crippen LogP contribution is 2.23. The number of hydrogen-bond acceptors (Lipinski definition) is 5. The lowest BCUT2D eigenvalue weighted by Gasteiger charge is -2.24. The fourth-order valence-electron chi connectivity index (χ4n) is 4.01. The number of aromatic nitrogens is 2. The van der Waals surface area contributed by atoms with Crippen LogP contribution in [-0.2, 0) is 16.0 Å². The molecule has 2 aromatic heterocycles. The molecule has 0 aliphatic heterocycles. The number of anilines is 1. The summed E-state index contributed by atoms with van der Waals surface area (Å²) >= 11 is 0. The maximum Gasteiger partial charge on any atom is 0.293 e. The van der Waals surface area contributed by atoms with Gasteiger partial charge in [0.15, 0.2) is 0 Å². The molecule has 2 N–H and O–H groups in total. The minimum absolute atomic E-state index is 0.222. The van der Waals surface area contributed by atoms with Gasteiger partial charge in [-0.05, 0) is 24.6 Å². The minimum atomic E-state index is -0.966. The molecule has 2 amide bonds. The molecular weight excluding hydrogens is 444 g/mol. The number of hydrogen-bond donors (Lipinski definition) is 2.